The lowest BCUT2D eigenvalue weighted by Crippen LogP contribution is -2.26. The number of benzene rings is 1. The maximum atomic E-state index is 14.0. The van der Waals surface area contributed by atoms with Gasteiger partial charge in [0.15, 0.2) is 0 Å². The average molecular weight is 256 g/mol. The maximum absolute atomic E-state index is 14.0. The van der Waals surface area contributed by atoms with E-state index in [1.165, 1.54) is 12.5 Å². The van der Waals surface area contributed by atoms with Gasteiger partial charge in [0.05, 0.1) is 5.69 Å². The Labute approximate surface area is 108 Å². The van der Waals surface area contributed by atoms with Gasteiger partial charge in [-0.3, -0.25) is 0 Å². The number of rotatable bonds is 2. The van der Waals surface area contributed by atoms with Crippen molar-refractivity contribution in [3.8, 4) is 0 Å². The predicted octanol–water partition coefficient (Wildman–Crippen LogP) is 4.19. The summed E-state index contributed by atoms with van der Waals surface area (Å²) in [6.07, 6.45) is 3.51. The minimum Gasteiger partial charge on any atom is -0.369 e. The summed E-state index contributed by atoms with van der Waals surface area (Å²) in [5.41, 5.74) is 1.62. The van der Waals surface area contributed by atoms with Gasteiger partial charge < -0.3 is 4.90 Å². The molecule has 1 atom stereocenters. The molecule has 1 nitrogen and oxygen atoms in total. The fraction of sp³-hybridized carbons (Fsp3) is 0.571. The Hall–Kier alpha value is -0.760. The quantitative estimate of drug-likeness (QED) is 0.717. The van der Waals surface area contributed by atoms with Crippen LogP contribution in [-0.2, 0) is 5.88 Å². The molecule has 1 aliphatic heterocycles. The Morgan fingerprint density at radius 1 is 1.35 bits per heavy atom. The Bertz CT molecular complexity index is 380. The summed E-state index contributed by atoms with van der Waals surface area (Å²) in [5.74, 6) is 0.975. The van der Waals surface area contributed by atoms with Crippen molar-refractivity contribution in [1.82, 2.24) is 0 Å². The van der Waals surface area contributed by atoms with E-state index >= 15 is 0 Å². The van der Waals surface area contributed by atoms with E-state index in [9.17, 15) is 4.39 Å². The molecule has 1 unspecified atom stereocenters. The largest absolute Gasteiger partial charge is 0.369 e. The van der Waals surface area contributed by atoms with Crippen LogP contribution in [0.1, 0.15) is 31.7 Å². The van der Waals surface area contributed by atoms with Crippen LogP contribution in [0.25, 0.3) is 0 Å². The molecule has 0 spiro atoms. The highest BCUT2D eigenvalue weighted by Crippen LogP contribution is 2.29. The number of anilines is 1. The summed E-state index contributed by atoms with van der Waals surface area (Å²) >= 11 is 5.90. The molecular weight excluding hydrogens is 237 g/mol. The van der Waals surface area contributed by atoms with Gasteiger partial charge in [0, 0.05) is 19.0 Å². The molecule has 1 aromatic rings. The van der Waals surface area contributed by atoms with Crippen LogP contribution in [0.3, 0.4) is 0 Å². The van der Waals surface area contributed by atoms with E-state index < -0.39 is 0 Å². The van der Waals surface area contributed by atoms with Crippen molar-refractivity contribution in [2.24, 2.45) is 5.92 Å². The molecule has 1 heterocycles. The maximum Gasteiger partial charge on any atom is 0.146 e. The van der Waals surface area contributed by atoms with Crippen LogP contribution in [0.4, 0.5) is 10.1 Å². The van der Waals surface area contributed by atoms with E-state index in [-0.39, 0.29) is 5.82 Å². The molecule has 94 valence electrons. The van der Waals surface area contributed by atoms with Gasteiger partial charge in [-0.15, -0.1) is 11.6 Å². The van der Waals surface area contributed by atoms with Crippen molar-refractivity contribution >= 4 is 17.3 Å². The minimum atomic E-state index is -0.141. The van der Waals surface area contributed by atoms with Crippen LogP contribution in [0.5, 0.6) is 0 Å². The fourth-order valence-corrected chi connectivity index (χ4v) is 2.72. The Morgan fingerprint density at radius 2 is 2.18 bits per heavy atom. The van der Waals surface area contributed by atoms with Crippen molar-refractivity contribution in [1.29, 1.82) is 0 Å². The molecule has 0 saturated carbocycles. The number of hydrogen-bond donors (Lipinski definition) is 0. The Kier molecular flexibility index (Phi) is 4.27. The number of nitrogens with zero attached hydrogens (tertiary/aromatic N) is 1. The number of para-hydroxylation sites is 1. The van der Waals surface area contributed by atoms with E-state index in [0.29, 0.717) is 5.88 Å². The van der Waals surface area contributed by atoms with Crippen LogP contribution in [0, 0.1) is 11.7 Å². The molecule has 17 heavy (non-hydrogen) atoms. The van der Waals surface area contributed by atoms with Crippen molar-refractivity contribution < 1.29 is 4.39 Å². The molecule has 0 bridgehead atoms. The van der Waals surface area contributed by atoms with Crippen molar-refractivity contribution in [2.75, 3.05) is 18.0 Å². The second kappa shape index (κ2) is 5.72. The smallest absolute Gasteiger partial charge is 0.146 e. The molecule has 0 amide bonds. The van der Waals surface area contributed by atoms with Crippen molar-refractivity contribution in [2.45, 2.75) is 32.1 Å². The normalized spacial score (nSPS) is 21.4. The number of halogens is 2. The van der Waals surface area contributed by atoms with Gasteiger partial charge in [-0.05, 0) is 36.8 Å². The summed E-state index contributed by atoms with van der Waals surface area (Å²) in [4.78, 5) is 2.16. The van der Waals surface area contributed by atoms with Crippen LogP contribution >= 0.6 is 11.6 Å². The lowest BCUT2D eigenvalue weighted by atomic mass is 10.0. The van der Waals surface area contributed by atoms with Gasteiger partial charge in [0.25, 0.3) is 0 Å². The van der Waals surface area contributed by atoms with Crippen LogP contribution < -0.4 is 4.90 Å². The highest BCUT2D eigenvalue weighted by Gasteiger charge is 2.19. The first-order valence-corrected chi connectivity index (χ1v) is 6.84. The van der Waals surface area contributed by atoms with Gasteiger partial charge in [0.2, 0.25) is 0 Å². The number of hydrogen-bond acceptors (Lipinski definition) is 1. The third-order valence-corrected chi connectivity index (χ3v) is 3.84. The molecule has 1 saturated heterocycles. The summed E-state index contributed by atoms with van der Waals surface area (Å²) in [7, 11) is 0. The molecule has 0 aliphatic carbocycles. The summed E-state index contributed by atoms with van der Waals surface area (Å²) in [6.45, 7) is 4.15. The van der Waals surface area contributed by atoms with E-state index in [4.69, 9.17) is 11.6 Å². The first kappa shape index (κ1) is 12.7. The SMILES string of the molecule is CC1CCCN(c2c(F)cccc2CCl)CC1. The third kappa shape index (κ3) is 2.92. The first-order chi connectivity index (χ1) is 8.22. The highest BCUT2D eigenvalue weighted by molar-refractivity contribution is 6.17. The molecular formula is C14H19ClFN. The summed E-state index contributed by atoms with van der Waals surface area (Å²) in [5, 5.41) is 0. The van der Waals surface area contributed by atoms with E-state index in [1.807, 2.05) is 6.07 Å². The van der Waals surface area contributed by atoms with E-state index in [1.54, 1.807) is 6.07 Å². The third-order valence-electron chi connectivity index (χ3n) is 3.55. The molecule has 0 radical (unpaired) electrons. The fourth-order valence-electron chi connectivity index (χ4n) is 2.51. The van der Waals surface area contributed by atoms with Gasteiger partial charge in [0.1, 0.15) is 5.82 Å². The predicted molar refractivity (Wildman–Crippen MR) is 71.2 cm³/mol. The average Bonchev–Trinajstić information content (AvgIpc) is 2.54. The van der Waals surface area contributed by atoms with Crippen molar-refractivity contribution in [3.05, 3.63) is 29.6 Å². The Morgan fingerprint density at radius 3 is 2.94 bits per heavy atom. The van der Waals surface area contributed by atoms with Gasteiger partial charge in [-0.1, -0.05) is 19.1 Å². The Balaban J connectivity index is 2.26. The molecule has 1 aromatic carbocycles. The monoisotopic (exact) mass is 255 g/mol. The second-order valence-electron chi connectivity index (χ2n) is 4.90. The van der Waals surface area contributed by atoms with Crippen LogP contribution in [0.2, 0.25) is 0 Å². The zero-order valence-electron chi connectivity index (χ0n) is 10.3. The van der Waals surface area contributed by atoms with Gasteiger partial charge >= 0.3 is 0 Å². The highest BCUT2D eigenvalue weighted by atomic mass is 35.5. The first-order valence-electron chi connectivity index (χ1n) is 6.30. The molecule has 2 rings (SSSR count). The summed E-state index contributed by atoms with van der Waals surface area (Å²) < 4.78 is 14.0. The van der Waals surface area contributed by atoms with Gasteiger partial charge in [-0.25, -0.2) is 4.39 Å². The standard InChI is InChI=1S/C14H19ClFN/c1-11-4-3-8-17(9-7-11)14-12(10-15)5-2-6-13(14)16/h2,5-6,11H,3-4,7-10H2,1H3. The van der Waals surface area contributed by atoms with Gasteiger partial charge in [-0.2, -0.15) is 0 Å². The number of alkyl halides is 1. The lowest BCUT2D eigenvalue weighted by Gasteiger charge is -2.25. The van der Waals surface area contributed by atoms with Crippen LogP contribution in [-0.4, -0.2) is 13.1 Å². The topological polar surface area (TPSA) is 3.24 Å². The molecule has 1 fully saturated rings. The second-order valence-corrected chi connectivity index (χ2v) is 5.17. The molecule has 3 heteroatoms. The minimum absolute atomic E-state index is 0.141. The van der Waals surface area contributed by atoms with Crippen LogP contribution in [0.15, 0.2) is 18.2 Å². The lowest BCUT2D eigenvalue weighted by molar-refractivity contribution is 0.520. The molecule has 0 N–H and O–H groups in total. The zero-order valence-corrected chi connectivity index (χ0v) is 11.0. The molecule has 0 aromatic heterocycles. The zero-order chi connectivity index (χ0) is 12.3. The van der Waals surface area contributed by atoms with E-state index in [0.717, 1.165) is 43.1 Å². The van der Waals surface area contributed by atoms with E-state index in [2.05, 4.69) is 11.8 Å². The summed E-state index contributed by atoms with van der Waals surface area (Å²) in [6, 6.07) is 5.18. The van der Waals surface area contributed by atoms with Crippen molar-refractivity contribution in [3.63, 3.8) is 0 Å². The molecule has 1 aliphatic rings.